The number of benzene rings is 2. The van der Waals surface area contributed by atoms with Crippen LogP contribution in [0.5, 0.6) is 0 Å². The van der Waals surface area contributed by atoms with Crippen LogP contribution >= 0.6 is 11.8 Å². The lowest BCUT2D eigenvalue weighted by molar-refractivity contribution is 0.617. The molecule has 1 saturated carbocycles. The van der Waals surface area contributed by atoms with Gasteiger partial charge in [-0.25, -0.2) is 4.98 Å². The molecule has 1 atom stereocenters. The molecule has 4 rings (SSSR count). The van der Waals surface area contributed by atoms with Gasteiger partial charge in [-0.05, 0) is 43.9 Å². The predicted octanol–water partition coefficient (Wildman–Crippen LogP) is 4.27. The van der Waals surface area contributed by atoms with Crippen molar-refractivity contribution in [3.63, 3.8) is 0 Å². The average Bonchev–Trinajstić information content (AvgIpc) is 3.48. The summed E-state index contributed by atoms with van der Waals surface area (Å²) in [5.41, 5.74) is 3.03. The standard InChI is InChI=1S/C21H19N3OS/c1-14-6-8-15(9-7-14)12-17(13-22)26-21-23-19-5-3-2-4-18(19)20(25)24(21)16-10-11-16/h2-9,16-17H,10-12H2,1H3/t17-/m0/s1. The average molecular weight is 361 g/mol. The molecule has 5 heteroatoms. The zero-order chi connectivity index (χ0) is 18.1. The van der Waals surface area contributed by atoms with Crippen LogP contribution in [0.15, 0.2) is 58.5 Å². The van der Waals surface area contributed by atoms with E-state index in [1.54, 1.807) is 4.57 Å². The maximum Gasteiger partial charge on any atom is 0.262 e. The van der Waals surface area contributed by atoms with Crippen LogP contribution in [-0.2, 0) is 6.42 Å². The zero-order valence-corrected chi connectivity index (χ0v) is 15.4. The van der Waals surface area contributed by atoms with Crippen molar-refractivity contribution >= 4 is 22.7 Å². The lowest BCUT2D eigenvalue weighted by Crippen LogP contribution is -2.23. The summed E-state index contributed by atoms with van der Waals surface area (Å²) in [4.78, 5) is 17.6. The SMILES string of the molecule is Cc1ccc(C[C@@H](C#N)Sc2nc3ccccc3c(=O)n2C2CC2)cc1. The number of aryl methyl sites for hydroxylation is 1. The van der Waals surface area contributed by atoms with Crippen LogP contribution in [0.25, 0.3) is 10.9 Å². The van der Waals surface area contributed by atoms with Gasteiger partial charge in [-0.1, -0.05) is 53.7 Å². The Morgan fingerprint density at radius 1 is 1.23 bits per heavy atom. The minimum absolute atomic E-state index is 0.00706. The summed E-state index contributed by atoms with van der Waals surface area (Å²) in [5.74, 6) is 0. The molecule has 1 aliphatic rings. The minimum Gasteiger partial charge on any atom is -0.284 e. The van der Waals surface area contributed by atoms with Crippen LogP contribution in [0, 0.1) is 18.3 Å². The monoisotopic (exact) mass is 361 g/mol. The van der Waals surface area contributed by atoms with Crippen LogP contribution < -0.4 is 5.56 Å². The highest BCUT2D eigenvalue weighted by atomic mass is 32.2. The molecule has 0 spiro atoms. The number of para-hydroxylation sites is 1. The van der Waals surface area contributed by atoms with E-state index in [-0.39, 0.29) is 16.9 Å². The fourth-order valence-electron chi connectivity index (χ4n) is 3.04. The van der Waals surface area contributed by atoms with E-state index in [1.807, 2.05) is 31.2 Å². The first kappa shape index (κ1) is 16.9. The maximum atomic E-state index is 12.9. The van der Waals surface area contributed by atoms with Gasteiger partial charge in [0.25, 0.3) is 5.56 Å². The fourth-order valence-corrected chi connectivity index (χ4v) is 4.12. The van der Waals surface area contributed by atoms with Crippen LogP contribution in [0.4, 0.5) is 0 Å². The highest BCUT2D eigenvalue weighted by molar-refractivity contribution is 8.00. The first-order valence-electron chi connectivity index (χ1n) is 8.79. The highest BCUT2D eigenvalue weighted by Crippen LogP contribution is 2.38. The Bertz CT molecular complexity index is 1050. The second kappa shape index (κ2) is 6.97. The molecule has 1 fully saturated rings. The van der Waals surface area contributed by atoms with E-state index in [0.29, 0.717) is 22.5 Å². The van der Waals surface area contributed by atoms with Gasteiger partial charge < -0.3 is 0 Å². The molecule has 130 valence electrons. The molecule has 0 bridgehead atoms. The number of aromatic nitrogens is 2. The lowest BCUT2D eigenvalue weighted by atomic mass is 10.1. The smallest absolute Gasteiger partial charge is 0.262 e. The molecule has 1 heterocycles. The van der Waals surface area contributed by atoms with E-state index >= 15 is 0 Å². The van der Waals surface area contributed by atoms with E-state index in [1.165, 1.54) is 17.3 Å². The Morgan fingerprint density at radius 2 is 1.96 bits per heavy atom. The first-order valence-corrected chi connectivity index (χ1v) is 9.67. The number of nitriles is 1. The molecule has 2 aromatic carbocycles. The third-order valence-corrected chi connectivity index (χ3v) is 5.68. The molecule has 26 heavy (non-hydrogen) atoms. The Morgan fingerprint density at radius 3 is 2.65 bits per heavy atom. The molecular formula is C21H19N3OS. The second-order valence-corrected chi connectivity index (χ2v) is 7.91. The van der Waals surface area contributed by atoms with Gasteiger partial charge in [-0.3, -0.25) is 9.36 Å². The van der Waals surface area contributed by atoms with Gasteiger partial charge in [0.05, 0.1) is 17.0 Å². The van der Waals surface area contributed by atoms with Crippen molar-refractivity contribution in [2.24, 2.45) is 0 Å². The number of hydrogen-bond donors (Lipinski definition) is 0. The van der Waals surface area contributed by atoms with Gasteiger partial charge in [-0.15, -0.1) is 0 Å². The van der Waals surface area contributed by atoms with E-state index < -0.39 is 0 Å². The number of rotatable bonds is 5. The maximum absolute atomic E-state index is 12.9. The molecule has 4 nitrogen and oxygen atoms in total. The summed E-state index contributed by atoms with van der Waals surface area (Å²) in [6, 6.07) is 18.3. The molecule has 0 unspecified atom stereocenters. The van der Waals surface area contributed by atoms with E-state index in [4.69, 9.17) is 4.98 Å². The van der Waals surface area contributed by atoms with Gasteiger partial charge in [0.2, 0.25) is 0 Å². The Balaban J connectivity index is 1.69. The van der Waals surface area contributed by atoms with Gasteiger partial charge in [0.15, 0.2) is 5.16 Å². The first-order chi connectivity index (χ1) is 12.7. The highest BCUT2D eigenvalue weighted by Gasteiger charge is 2.29. The van der Waals surface area contributed by atoms with Crippen molar-refractivity contribution in [1.82, 2.24) is 9.55 Å². The topological polar surface area (TPSA) is 58.7 Å². The van der Waals surface area contributed by atoms with E-state index in [9.17, 15) is 10.1 Å². The summed E-state index contributed by atoms with van der Waals surface area (Å²) in [7, 11) is 0. The Labute approximate surface area is 156 Å². The molecule has 0 N–H and O–H groups in total. The third kappa shape index (κ3) is 3.38. The van der Waals surface area contributed by atoms with Gasteiger partial charge >= 0.3 is 0 Å². The quantitative estimate of drug-likeness (QED) is 0.503. The van der Waals surface area contributed by atoms with Crippen LogP contribution in [-0.4, -0.2) is 14.8 Å². The molecule has 0 amide bonds. The second-order valence-electron chi connectivity index (χ2n) is 6.74. The molecular weight excluding hydrogens is 342 g/mol. The number of thioether (sulfide) groups is 1. The van der Waals surface area contributed by atoms with Crippen LogP contribution in [0.1, 0.15) is 30.0 Å². The zero-order valence-electron chi connectivity index (χ0n) is 14.6. The number of fused-ring (bicyclic) bond motifs is 1. The summed E-state index contributed by atoms with van der Waals surface area (Å²) in [6.45, 7) is 2.05. The molecule has 1 aliphatic carbocycles. The minimum atomic E-state index is -0.282. The molecule has 0 radical (unpaired) electrons. The van der Waals surface area contributed by atoms with Gasteiger partial charge in [-0.2, -0.15) is 5.26 Å². The summed E-state index contributed by atoms with van der Waals surface area (Å²) < 4.78 is 1.80. The van der Waals surface area contributed by atoms with Crippen molar-refractivity contribution in [2.75, 3.05) is 0 Å². The van der Waals surface area contributed by atoms with E-state index in [0.717, 1.165) is 18.4 Å². The van der Waals surface area contributed by atoms with Crippen molar-refractivity contribution in [2.45, 2.75) is 42.6 Å². The normalized spacial score (nSPS) is 14.9. The van der Waals surface area contributed by atoms with E-state index in [2.05, 4.69) is 30.3 Å². The number of nitrogens with zero attached hydrogens (tertiary/aromatic N) is 3. The van der Waals surface area contributed by atoms with Gasteiger partial charge in [0.1, 0.15) is 5.25 Å². The summed E-state index contributed by atoms with van der Waals surface area (Å²) in [6.07, 6.45) is 2.64. The van der Waals surface area contributed by atoms with Crippen molar-refractivity contribution in [1.29, 1.82) is 5.26 Å². The predicted molar refractivity (Wildman–Crippen MR) is 104 cm³/mol. The Hall–Kier alpha value is -2.58. The largest absolute Gasteiger partial charge is 0.284 e. The van der Waals surface area contributed by atoms with Gasteiger partial charge in [0, 0.05) is 6.04 Å². The Kier molecular flexibility index (Phi) is 4.52. The van der Waals surface area contributed by atoms with Crippen molar-refractivity contribution < 1.29 is 0 Å². The fraction of sp³-hybridized carbons (Fsp3) is 0.286. The van der Waals surface area contributed by atoms with Crippen molar-refractivity contribution in [3.8, 4) is 6.07 Å². The van der Waals surface area contributed by atoms with Crippen molar-refractivity contribution in [3.05, 3.63) is 70.0 Å². The van der Waals surface area contributed by atoms with Crippen LogP contribution in [0.3, 0.4) is 0 Å². The molecule has 3 aromatic rings. The molecule has 0 saturated heterocycles. The number of hydrogen-bond acceptors (Lipinski definition) is 4. The lowest BCUT2D eigenvalue weighted by Gasteiger charge is -2.15. The molecule has 0 aliphatic heterocycles. The van der Waals surface area contributed by atoms with Crippen LogP contribution in [0.2, 0.25) is 0 Å². The summed E-state index contributed by atoms with van der Waals surface area (Å²) in [5, 5.41) is 10.7. The summed E-state index contributed by atoms with van der Waals surface area (Å²) >= 11 is 1.40. The third-order valence-electron chi connectivity index (χ3n) is 4.62. The molecule has 1 aromatic heterocycles.